The van der Waals surface area contributed by atoms with Gasteiger partial charge in [-0.25, -0.2) is 0 Å². The van der Waals surface area contributed by atoms with E-state index in [1.54, 1.807) is 0 Å². The van der Waals surface area contributed by atoms with Gasteiger partial charge < -0.3 is 8.83 Å². The van der Waals surface area contributed by atoms with Crippen LogP contribution >= 0.6 is 0 Å². The van der Waals surface area contributed by atoms with Gasteiger partial charge >= 0.3 is 0 Å². The van der Waals surface area contributed by atoms with E-state index in [0.717, 1.165) is 88.5 Å². The van der Waals surface area contributed by atoms with E-state index in [0.29, 0.717) is 0 Å². The van der Waals surface area contributed by atoms with Gasteiger partial charge in [0.2, 0.25) is 0 Å². The summed E-state index contributed by atoms with van der Waals surface area (Å²) in [6.45, 7) is 0. The topological polar surface area (TPSA) is 26.3 Å². The summed E-state index contributed by atoms with van der Waals surface area (Å²) in [7, 11) is 0. The van der Waals surface area contributed by atoms with Crippen molar-refractivity contribution in [3.8, 4) is 67.0 Å². The molecule has 10 aromatic carbocycles. The molecule has 0 unspecified atom stereocenters. The molecule has 0 bridgehead atoms. The first-order chi connectivity index (χ1) is 29.8. The Kier molecular flexibility index (Phi) is 7.89. The quantitative estimate of drug-likeness (QED) is 0.169. The van der Waals surface area contributed by atoms with Crippen LogP contribution in [0, 0.1) is 0 Å². The van der Waals surface area contributed by atoms with Crippen molar-refractivity contribution < 1.29 is 8.83 Å². The second kappa shape index (κ2) is 13.9. The Labute approximate surface area is 347 Å². The van der Waals surface area contributed by atoms with Gasteiger partial charge in [0.25, 0.3) is 0 Å². The molecule has 0 radical (unpaired) electrons. The molecular weight excluding hydrogens is 729 g/mol. The van der Waals surface area contributed by atoms with Crippen LogP contribution in [0.15, 0.2) is 227 Å². The average Bonchev–Trinajstić information content (AvgIpc) is 3.94. The lowest BCUT2D eigenvalue weighted by Crippen LogP contribution is -1.90. The van der Waals surface area contributed by atoms with Crippen molar-refractivity contribution in [3.05, 3.63) is 219 Å². The Balaban J connectivity index is 1.23. The summed E-state index contributed by atoms with van der Waals surface area (Å²) in [6, 6.07) is 76.0. The van der Waals surface area contributed by atoms with E-state index in [1.807, 2.05) is 6.26 Å². The van der Waals surface area contributed by atoms with Gasteiger partial charge in [-0.05, 0) is 84.3 Å². The lowest BCUT2D eigenvalue weighted by Gasteiger charge is -2.15. The molecule has 0 aliphatic heterocycles. The zero-order valence-electron chi connectivity index (χ0n) is 32.6. The highest BCUT2D eigenvalue weighted by Crippen LogP contribution is 2.51. The van der Waals surface area contributed by atoms with Gasteiger partial charge in [-0.15, -0.1) is 0 Å². The first-order valence-electron chi connectivity index (χ1n) is 20.5. The summed E-state index contributed by atoms with van der Waals surface area (Å²) >= 11 is 0. The lowest BCUT2D eigenvalue weighted by atomic mass is 9.86. The van der Waals surface area contributed by atoms with E-state index < -0.39 is 0 Å². The van der Waals surface area contributed by atoms with Crippen molar-refractivity contribution in [2.45, 2.75) is 0 Å². The molecule has 2 nitrogen and oxygen atoms in total. The Morgan fingerprint density at radius 2 is 0.817 bits per heavy atom. The molecule has 0 aliphatic rings. The number of rotatable bonds is 6. The molecule has 0 aliphatic carbocycles. The average molecular weight is 765 g/mol. The van der Waals surface area contributed by atoms with E-state index in [9.17, 15) is 0 Å². The molecular formula is C58H36O2. The van der Waals surface area contributed by atoms with E-state index in [2.05, 4.69) is 212 Å². The third-order valence-electron chi connectivity index (χ3n) is 12.1. The summed E-state index contributed by atoms with van der Waals surface area (Å²) in [5, 5.41) is 9.02. The van der Waals surface area contributed by atoms with Crippen LogP contribution in [-0.4, -0.2) is 0 Å². The van der Waals surface area contributed by atoms with E-state index in [4.69, 9.17) is 8.83 Å². The number of fused-ring (bicyclic) bond motifs is 7. The smallest absolute Gasteiger partial charge is 0.144 e. The van der Waals surface area contributed by atoms with Crippen LogP contribution in [0.5, 0.6) is 0 Å². The monoisotopic (exact) mass is 764 g/mol. The highest BCUT2D eigenvalue weighted by molar-refractivity contribution is 6.28. The van der Waals surface area contributed by atoms with Crippen LogP contribution in [0.4, 0.5) is 0 Å². The Morgan fingerprint density at radius 3 is 1.57 bits per heavy atom. The molecule has 0 fully saturated rings. The fourth-order valence-corrected chi connectivity index (χ4v) is 9.29. The van der Waals surface area contributed by atoms with E-state index >= 15 is 0 Å². The molecule has 0 atom stereocenters. The molecule has 0 spiro atoms. The van der Waals surface area contributed by atoms with Crippen LogP contribution in [0.2, 0.25) is 0 Å². The molecule has 0 saturated heterocycles. The Bertz CT molecular complexity index is 3550. The van der Waals surface area contributed by atoms with Crippen molar-refractivity contribution in [2.24, 2.45) is 0 Å². The zero-order valence-corrected chi connectivity index (χ0v) is 32.6. The van der Waals surface area contributed by atoms with E-state index in [1.165, 1.54) is 32.7 Å². The van der Waals surface area contributed by atoms with Crippen molar-refractivity contribution in [1.29, 1.82) is 0 Å². The van der Waals surface area contributed by atoms with Crippen LogP contribution in [-0.2, 0) is 0 Å². The summed E-state index contributed by atoms with van der Waals surface area (Å²) in [6.07, 6.45) is 1.92. The van der Waals surface area contributed by atoms with Crippen molar-refractivity contribution in [1.82, 2.24) is 0 Å². The summed E-state index contributed by atoms with van der Waals surface area (Å²) in [5.41, 5.74) is 13.8. The molecule has 2 heteroatoms. The molecule has 12 rings (SSSR count). The van der Waals surface area contributed by atoms with Gasteiger partial charge in [-0.2, -0.15) is 0 Å². The third-order valence-corrected chi connectivity index (χ3v) is 12.1. The second-order valence-electron chi connectivity index (χ2n) is 15.6. The van der Waals surface area contributed by atoms with Gasteiger partial charge in [0.15, 0.2) is 0 Å². The molecule has 0 saturated carbocycles. The third kappa shape index (κ3) is 5.50. The Morgan fingerprint density at radius 1 is 0.283 bits per heavy atom. The maximum atomic E-state index is 7.32. The lowest BCUT2D eigenvalue weighted by molar-refractivity contribution is 0.620. The highest BCUT2D eigenvalue weighted by Gasteiger charge is 2.27. The predicted molar refractivity (Wildman–Crippen MR) is 251 cm³/mol. The van der Waals surface area contributed by atoms with Gasteiger partial charge in [0.1, 0.15) is 16.9 Å². The van der Waals surface area contributed by atoms with Crippen LogP contribution in [0.25, 0.3) is 121 Å². The largest absolute Gasteiger partial charge is 0.463 e. The van der Waals surface area contributed by atoms with Crippen LogP contribution < -0.4 is 0 Å². The number of hydrogen-bond acceptors (Lipinski definition) is 2. The molecule has 0 N–H and O–H groups in total. The van der Waals surface area contributed by atoms with Gasteiger partial charge in [0.05, 0.1) is 6.26 Å². The van der Waals surface area contributed by atoms with Crippen LogP contribution in [0.1, 0.15) is 0 Å². The minimum Gasteiger partial charge on any atom is -0.463 e. The fourth-order valence-electron chi connectivity index (χ4n) is 9.29. The fraction of sp³-hybridized carbons (Fsp3) is 0. The summed E-state index contributed by atoms with van der Waals surface area (Å²) in [5.74, 6) is 0.843. The molecule has 2 aromatic heterocycles. The maximum absolute atomic E-state index is 7.32. The van der Waals surface area contributed by atoms with Gasteiger partial charge in [-0.3, -0.25) is 0 Å². The Hall–Kier alpha value is -7.94. The highest BCUT2D eigenvalue weighted by atomic mass is 16.3. The van der Waals surface area contributed by atoms with Crippen molar-refractivity contribution in [2.75, 3.05) is 0 Å². The summed E-state index contributed by atoms with van der Waals surface area (Å²) in [4.78, 5) is 0. The predicted octanol–water partition coefficient (Wildman–Crippen LogP) is 16.6. The SMILES string of the molecule is c1ccc(-c2oc3c(cc(-c4ccc5ccccc5c4)c4c5occ(-c6ccccc6)c5cc(-c5ccc(-c6cccc7ccccc67)cc5)c34)c2-c2ccccc2)cc1. The van der Waals surface area contributed by atoms with Gasteiger partial charge in [0, 0.05) is 38.2 Å². The minimum atomic E-state index is 0.833. The standard InChI is InChI=1S/C58H36O2/c1-4-16-39(17-5-1)52-36-59-57-50(52)34-48(41-30-28-40(29-31-41)47-26-14-24-38-18-12-13-25-46(38)47)55-54(57)49(45-32-27-37-15-10-11-23-44(37)33-45)35-51-53(42-19-6-2-7-20-42)56(60-58(51)55)43-21-8-3-9-22-43/h1-36H. The zero-order chi connectivity index (χ0) is 39.6. The first-order valence-corrected chi connectivity index (χ1v) is 20.5. The molecule has 0 amide bonds. The first kappa shape index (κ1) is 34.1. The summed E-state index contributed by atoms with van der Waals surface area (Å²) < 4.78 is 14.1. The minimum absolute atomic E-state index is 0.833. The molecule has 12 aromatic rings. The number of furan rings is 2. The molecule has 60 heavy (non-hydrogen) atoms. The normalized spacial score (nSPS) is 11.7. The molecule has 280 valence electrons. The number of benzene rings is 10. The van der Waals surface area contributed by atoms with E-state index in [-0.39, 0.29) is 0 Å². The molecule has 2 heterocycles. The number of hydrogen-bond donors (Lipinski definition) is 0. The van der Waals surface area contributed by atoms with Gasteiger partial charge in [-0.1, -0.05) is 194 Å². The second-order valence-corrected chi connectivity index (χ2v) is 15.6. The van der Waals surface area contributed by atoms with Crippen molar-refractivity contribution in [3.63, 3.8) is 0 Å². The van der Waals surface area contributed by atoms with Crippen LogP contribution in [0.3, 0.4) is 0 Å². The van der Waals surface area contributed by atoms with Crippen molar-refractivity contribution >= 4 is 54.3 Å². The maximum Gasteiger partial charge on any atom is 0.144 e.